The zero-order valence-corrected chi connectivity index (χ0v) is 13.5. The van der Waals surface area contributed by atoms with Crippen LogP contribution in [-0.4, -0.2) is 28.0 Å². The van der Waals surface area contributed by atoms with Crippen LogP contribution in [0.15, 0.2) is 53.4 Å². The fourth-order valence-electron chi connectivity index (χ4n) is 1.93. The van der Waals surface area contributed by atoms with Gasteiger partial charge in [0, 0.05) is 7.05 Å². The Hall–Kier alpha value is -2.41. The van der Waals surface area contributed by atoms with Crippen LogP contribution in [0.1, 0.15) is 17.3 Å². The van der Waals surface area contributed by atoms with Gasteiger partial charge in [-0.3, -0.25) is 4.31 Å². The monoisotopic (exact) mass is 337 g/mol. The van der Waals surface area contributed by atoms with E-state index in [0.29, 0.717) is 11.3 Å². The minimum atomic E-state index is -3.80. The second kappa shape index (κ2) is 6.78. The molecule has 0 bridgehead atoms. The van der Waals surface area contributed by atoms with Gasteiger partial charge in [0.2, 0.25) is 0 Å². The van der Waals surface area contributed by atoms with Crippen molar-refractivity contribution >= 4 is 21.7 Å². The summed E-state index contributed by atoms with van der Waals surface area (Å²) in [6.07, 6.45) is 0. The van der Waals surface area contributed by atoms with Gasteiger partial charge in [0.15, 0.2) is 0 Å². The van der Waals surface area contributed by atoms with E-state index >= 15 is 0 Å². The Kier molecular flexibility index (Phi) is 5.00. The molecule has 0 aliphatic rings. The lowest BCUT2D eigenvalue weighted by atomic mass is 10.2. The van der Waals surface area contributed by atoms with Gasteiger partial charge in [-0.1, -0.05) is 0 Å². The summed E-state index contributed by atoms with van der Waals surface area (Å²) < 4.78 is 43.8. The van der Waals surface area contributed by atoms with Crippen molar-refractivity contribution in [3.63, 3.8) is 0 Å². The molecule has 2 aromatic rings. The number of hydrogen-bond donors (Lipinski definition) is 0. The van der Waals surface area contributed by atoms with Crippen LogP contribution in [0.25, 0.3) is 0 Å². The summed E-state index contributed by atoms with van der Waals surface area (Å²) >= 11 is 0. The molecule has 2 aromatic carbocycles. The Bertz CT molecular complexity index is 786. The number of carbonyl (C=O) groups is 1. The molecule has 0 atom stereocenters. The second-order valence-electron chi connectivity index (χ2n) is 4.69. The van der Waals surface area contributed by atoms with E-state index in [4.69, 9.17) is 4.74 Å². The van der Waals surface area contributed by atoms with E-state index in [1.165, 1.54) is 43.4 Å². The molecule has 0 radical (unpaired) electrons. The third-order valence-electron chi connectivity index (χ3n) is 3.21. The zero-order valence-electron chi connectivity index (χ0n) is 12.7. The summed E-state index contributed by atoms with van der Waals surface area (Å²) in [7, 11) is -2.41. The fourth-order valence-corrected chi connectivity index (χ4v) is 3.12. The lowest BCUT2D eigenvalue weighted by Gasteiger charge is -2.19. The van der Waals surface area contributed by atoms with Crippen LogP contribution in [0.2, 0.25) is 0 Å². The number of hydrogen-bond acceptors (Lipinski definition) is 4. The Labute approximate surface area is 134 Å². The van der Waals surface area contributed by atoms with Crippen molar-refractivity contribution in [3.05, 3.63) is 59.9 Å². The molecular weight excluding hydrogens is 321 g/mol. The van der Waals surface area contributed by atoms with E-state index in [-0.39, 0.29) is 11.5 Å². The van der Waals surface area contributed by atoms with E-state index < -0.39 is 21.8 Å². The summed E-state index contributed by atoms with van der Waals surface area (Å²) in [4.78, 5) is 11.6. The molecule has 0 saturated carbocycles. The van der Waals surface area contributed by atoms with Gasteiger partial charge in [0.05, 0.1) is 22.8 Å². The standard InChI is InChI=1S/C16H16FNO4S/c1-3-22-16(19)12-4-8-14(9-5-12)18(2)23(20,21)15-10-6-13(17)7-11-15/h4-11H,3H2,1-2H3. The summed E-state index contributed by atoms with van der Waals surface area (Å²) in [6, 6.07) is 10.6. The topological polar surface area (TPSA) is 63.7 Å². The van der Waals surface area contributed by atoms with E-state index in [1.54, 1.807) is 6.92 Å². The quantitative estimate of drug-likeness (QED) is 0.787. The molecule has 0 N–H and O–H groups in total. The minimum Gasteiger partial charge on any atom is -0.462 e. The third kappa shape index (κ3) is 3.68. The fraction of sp³-hybridized carbons (Fsp3) is 0.188. The van der Waals surface area contributed by atoms with Crippen molar-refractivity contribution in [2.75, 3.05) is 18.0 Å². The van der Waals surface area contributed by atoms with Gasteiger partial charge in [0.25, 0.3) is 10.0 Å². The van der Waals surface area contributed by atoms with Crippen LogP contribution < -0.4 is 4.31 Å². The number of ether oxygens (including phenoxy) is 1. The second-order valence-corrected chi connectivity index (χ2v) is 6.66. The maximum Gasteiger partial charge on any atom is 0.338 e. The van der Waals surface area contributed by atoms with Crippen molar-refractivity contribution in [2.24, 2.45) is 0 Å². The van der Waals surface area contributed by atoms with Gasteiger partial charge in [-0.25, -0.2) is 17.6 Å². The molecule has 0 heterocycles. The molecule has 23 heavy (non-hydrogen) atoms. The number of rotatable bonds is 5. The van der Waals surface area contributed by atoms with Gasteiger partial charge in [0.1, 0.15) is 5.82 Å². The molecule has 0 aliphatic carbocycles. The SMILES string of the molecule is CCOC(=O)c1ccc(N(C)S(=O)(=O)c2ccc(F)cc2)cc1. The summed E-state index contributed by atoms with van der Waals surface area (Å²) in [6.45, 7) is 1.97. The Morgan fingerprint density at radius 3 is 2.17 bits per heavy atom. The first-order valence-corrected chi connectivity index (χ1v) is 8.32. The minimum absolute atomic E-state index is 0.0177. The van der Waals surface area contributed by atoms with Gasteiger partial charge >= 0.3 is 5.97 Å². The Balaban J connectivity index is 2.27. The Morgan fingerprint density at radius 2 is 1.65 bits per heavy atom. The van der Waals surface area contributed by atoms with Gasteiger partial charge < -0.3 is 4.74 Å². The van der Waals surface area contributed by atoms with Crippen molar-refractivity contribution in [1.29, 1.82) is 0 Å². The van der Waals surface area contributed by atoms with E-state index in [9.17, 15) is 17.6 Å². The molecule has 7 heteroatoms. The predicted molar refractivity (Wildman–Crippen MR) is 84.4 cm³/mol. The highest BCUT2D eigenvalue weighted by Crippen LogP contribution is 2.22. The first-order valence-electron chi connectivity index (χ1n) is 6.88. The maximum atomic E-state index is 12.9. The van der Waals surface area contributed by atoms with Crippen LogP contribution in [0.4, 0.5) is 10.1 Å². The number of halogens is 1. The molecule has 0 spiro atoms. The van der Waals surface area contributed by atoms with Gasteiger partial charge in [-0.05, 0) is 55.5 Å². The van der Waals surface area contributed by atoms with Crippen LogP contribution in [-0.2, 0) is 14.8 Å². The van der Waals surface area contributed by atoms with Crippen molar-refractivity contribution in [3.8, 4) is 0 Å². The number of sulfonamides is 1. The highest BCUT2D eigenvalue weighted by Gasteiger charge is 2.21. The van der Waals surface area contributed by atoms with Crippen LogP contribution >= 0.6 is 0 Å². The molecule has 0 aliphatic heterocycles. The molecule has 0 unspecified atom stereocenters. The van der Waals surface area contributed by atoms with Crippen LogP contribution in [0, 0.1) is 5.82 Å². The first kappa shape index (κ1) is 17.0. The normalized spacial score (nSPS) is 11.1. The molecule has 0 amide bonds. The molecule has 5 nitrogen and oxygen atoms in total. The number of anilines is 1. The summed E-state index contributed by atoms with van der Waals surface area (Å²) in [5, 5.41) is 0. The average Bonchev–Trinajstić information content (AvgIpc) is 2.55. The zero-order chi connectivity index (χ0) is 17.0. The number of esters is 1. The van der Waals surface area contributed by atoms with E-state index in [0.717, 1.165) is 16.4 Å². The summed E-state index contributed by atoms with van der Waals surface area (Å²) in [5.41, 5.74) is 0.713. The number of nitrogens with zero attached hydrogens (tertiary/aromatic N) is 1. The molecular formula is C16H16FNO4S. The smallest absolute Gasteiger partial charge is 0.338 e. The molecule has 0 saturated heterocycles. The van der Waals surface area contributed by atoms with Crippen LogP contribution in [0.5, 0.6) is 0 Å². The molecule has 2 rings (SSSR count). The third-order valence-corrected chi connectivity index (χ3v) is 5.01. The summed E-state index contributed by atoms with van der Waals surface area (Å²) in [5.74, 6) is -0.978. The van der Waals surface area contributed by atoms with Crippen molar-refractivity contribution < 1.29 is 22.3 Å². The first-order chi connectivity index (χ1) is 10.9. The molecule has 0 aromatic heterocycles. The molecule has 0 fully saturated rings. The highest BCUT2D eigenvalue weighted by atomic mass is 32.2. The van der Waals surface area contributed by atoms with Gasteiger partial charge in [-0.15, -0.1) is 0 Å². The van der Waals surface area contributed by atoms with E-state index in [1.807, 2.05) is 0 Å². The largest absolute Gasteiger partial charge is 0.462 e. The van der Waals surface area contributed by atoms with E-state index in [2.05, 4.69) is 0 Å². The highest BCUT2D eigenvalue weighted by molar-refractivity contribution is 7.92. The average molecular weight is 337 g/mol. The van der Waals surface area contributed by atoms with Crippen molar-refractivity contribution in [2.45, 2.75) is 11.8 Å². The number of carbonyl (C=O) groups excluding carboxylic acids is 1. The molecule has 122 valence electrons. The Morgan fingerprint density at radius 1 is 1.09 bits per heavy atom. The lowest BCUT2D eigenvalue weighted by molar-refractivity contribution is 0.0526. The maximum absolute atomic E-state index is 12.9. The predicted octanol–water partition coefficient (Wildman–Crippen LogP) is 2.83. The van der Waals surface area contributed by atoms with Gasteiger partial charge in [-0.2, -0.15) is 0 Å². The lowest BCUT2D eigenvalue weighted by Crippen LogP contribution is -2.26. The number of benzene rings is 2. The van der Waals surface area contributed by atoms with Crippen molar-refractivity contribution in [1.82, 2.24) is 0 Å². The van der Waals surface area contributed by atoms with Crippen LogP contribution in [0.3, 0.4) is 0 Å².